The molecule has 48 valence electrons. The maximum Gasteiger partial charge on any atom is 0.445 e. The fraction of sp³-hybridized carbons (Fsp3) is 0.200. The Morgan fingerprint density at radius 2 is 2.44 bits per heavy atom. The van der Waals surface area contributed by atoms with Crippen LogP contribution in [0.3, 0.4) is 0 Å². The third-order valence-electron chi connectivity index (χ3n) is 1.11. The van der Waals surface area contributed by atoms with Gasteiger partial charge < -0.3 is 5.73 Å². The SMILES string of the molecule is CC1=C[NH2+]C(=O)N=C1N. The van der Waals surface area contributed by atoms with E-state index >= 15 is 0 Å². The molecule has 4 heteroatoms. The predicted molar refractivity (Wildman–Crippen MR) is 32.7 cm³/mol. The molecule has 0 unspecified atom stereocenters. The number of rotatable bonds is 0. The van der Waals surface area contributed by atoms with Crippen molar-refractivity contribution in [3.8, 4) is 0 Å². The first kappa shape index (κ1) is 5.97. The highest BCUT2D eigenvalue weighted by Gasteiger charge is 2.10. The molecule has 0 aliphatic carbocycles. The zero-order chi connectivity index (χ0) is 6.85. The van der Waals surface area contributed by atoms with Crippen LogP contribution in [0.5, 0.6) is 0 Å². The number of hydrogen-bond donors (Lipinski definition) is 2. The normalized spacial score (nSPS) is 19.0. The maximum atomic E-state index is 10.5. The first-order valence-electron chi connectivity index (χ1n) is 2.60. The molecule has 0 bridgehead atoms. The fourth-order valence-corrected chi connectivity index (χ4v) is 0.526. The van der Waals surface area contributed by atoms with E-state index in [0.29, 0.717) is 5.84 Å². The first-order chi connectivity index (χ1) is 4.20. The van der Waals surface area contributed by atoms with Gasteiger partial charge in [-0.3, -0.25) is 0 Å². The Kier molecular flexibility index (Phi) is 1.32. The minimum Gasteiger partial charge on any atom is -0.383 e. The number of amides is 2. The standard InChI is InChI=1S/C5H7N3O/c1-3-2-7-5(9)8-4(3)6/h2H,1H3,(H3,6,7,8,9)/p+1. The molecule has 1 rings (SSSR count). The van der Waals surface area contributed by atoms with Crippen molar-refractivity contribution in [2.75, 3.05) is 0 Å². The summed E-state index contributed by atoms with van der Waals surface area (Å²) in [6, 6.07) is -0.280. The summed E-state index contributed by atoms with van der Waals surface area (Å²) in [5.74, 6) is 0.322. The van der Waals surface area contributed by atoms with E-state index in [4.69, 9.17) is 5.73 Å². The number of quaternary nitrogens is 1. The minimum atomic E-state index is -0.280. The Morgan fingerprint density at radius 3 is 2.89 bits per heavy atom. The number of hydrogen-bond acceptors (Lipinski definition) is 2. The van der Waals surface area contributed by atoms with Gasteiger partial charge >= 0.3 is 6.03 Å². The van der Waals surface area contributed by atoms with Gasteiger partial charge in [0, 0.05) is 5.57 Å². The van der Waals surface area contributed by atoms with Gasteiger partial charge in [0.1, 0.15) is 12.0 Å². The molecule has 9 heavy (non-hydrogen) atoms. The van der Waals surface area contributed by atoms with Crippen LogP contribution < -0.4 is 11.1 Å². The van der Waals surface area contributed by atoms with E-state index in [1.54, 1.807) is 6.20 Å². The number of nitrogens with zero attached hydrogens (tertiary/aromatic N) is 1. The number of carbonyl (C=O) groups is 1. The molecule has 0 spiro atoms. The van der Waals surface area contributed by atoms with E-state index < -0.39 is 0 Å². The van der Waals surface area contributed by atoms with Crippen LogP contribution in [-0.4, -0.2) is 11.9 Å². The van der Waals surface area contributed by atoms with Gasteiger partial charge in [0.25, 0.3) is 0 Å². The Hall–Kier alpha value is -1.16. The molecule has 1 aliphatic rings. The molecule has 0 fully saturated rings. The molecular formula is C5H8N3O+. The van der Waals surface area contributed by atoms with Gasteiger partial charge in [-0.2, -0.15) is 0 Å². The maximum absolute atomic E-state index is 10.5. The Labute approximate surface area is 52.5 Å². The van der Waals surface area contributed by atoms with Crippen LogP contribution in [0.25, 0.3) is 0 Å². The van der Waals surface area contributed by atoms with E-state index in [0.717, 1.165) is 5.57 Å². The third kappa shape index (κ3) is 1.14. The van der Waals surface area contributed by atoms with Crippen molar-refractivity contribution < 1.29 is 10.1 Å². The van der Waals surface area contributed by atoms with Crippen molar-refractivity contribution in [3.05, 3.63) is 11.8 Å². The summed E-state index contributed by atoms with van der Waals surface area (Å²) in [7, 11) is 0. The highest BCUT2D eigenvalue weighted by Crippen LogP contribution is 1.90. The Bertz CT molecular complexity index is 204. The molecule has 1 heterocycles. The van der Waals surface area contributed by atoms with Gasteiger partial charge in [0.15, 0.2) is 0 Å². The van der Waals surface area contributed by atoms with Gasteiger partial charge in [-0.25, -0.2) is 10.1 Å². The molecule has 0 saturated heterocycles. The number of aliphatic imine (C=N–C) groups is 1. The van der Waals surface area contributed by atoms with Crippen molar-refractivity contribution in [1.82, 2.24) is 0 Å². The Balaban J connectivity index is 2.87. The lowest BCUT2D eigenvalue weighted by Gasteiger charge is -2.00. The average molecular weight is 126 g/mol. The van der Waals surface area contributed by atoms with E-state index in [-0.39, 0.29) is 6.03 Å². The molecule has 0 radical (unpaired) electrons. The number of carbonyl (C=O) groups excluding carboxylic acids is 1. The van der Waals surface area contributed by atoms with Gasteiger partial charge in [0.05, 0.1) is 0 Å². The summed E-state index contributed by atoms with van der Waals surface area (Å²) < 4.78 is 0. The summed E-state index contributed by atoms with van der Waals surface area (Å²) >= 11 is 0. The largest absolute Gasteiger partial charge is 0.445 e. The van der Waals surface area contributed by atoms with Crippen LogP contribution in [0.2, 0.25) is 0 Å². The van der Waals surface area contributed by atoms with E-state index in [1.165, 1.54) is 5.32 Å². The second kappa shape index (κ2) is 1.99. The summed E-state index contributed by atoms with van der Waals surface area (Å²) in [6.07, 6.45) is 1.66. The van der Waals surface area contributed by atoms with Crippen molar-refractivity contribution in [2.24, 2.45) is 10.7 Å². The molecule has 4 N–H and O–H groups in total. The monoisotopic (exact) mass is 126 g/mol. The zero-order valence-electron chi connectivity index (χ0n) is 5.09. The molecule has 0 saturated carbocycles. The van der Waals surface area contributed by atoms with Crippen LogP contribution in [0, 0.1) is 0 Å². The minimum absolute atomic E-state index is 0.280. The van der Waals surface area contributed by atoms with E-state index in [2.05, 4.69) is 4.99 Å². The van der Waals surface area contributed by atoms with Gasteiger partial charge in [0.2, 0.25) is 0 Å². The average Bonchev–Trinajstić information content (AvgIpc) is 1.80. The number of urea groups is 1. The third-order valence-corrected chi connectivity index (χ3v) is 1.11. The van der Waals surface area contributed by atoms with Gasteiger partial charge in [-0.05, 0) is 6.92 Å². The second-order valence-corrected chi connectivity index (χ2v) is 1.85. The summed E-state index contributed by atoms with van der Waals surface area (Å²) in [5, 5.41) is 1.39. The van der Waals surface area contributed by atoms with Gasteiger partial charge in [-0.1, -0.05) is 0 Å². The quantitative estimate of drug-likeness (QED) is 0.434. The lowest BCUT2D eigenvalue weighted by atomic mass is 10.3. The van der Waals surface area contributed by atoms with E-state index in [9.17, 15) is 4.79 Å². The summed E-state index contributed by atoms with van der Waals surface area (Å²) in [4.78, 5) is 13.9. The molecule has 2 amide bonds. The summed E-state index contributed by atoms with van der Waals surface area (Å²) in [5.41, 5.74) is 6.15. The van der Waals surface area contributed by atoms with Crippen molar-refractivity contribution in [1.29, 1.82) is 0 Å². The highest BCUT2D eigenvalue weighted by atomic mass is 16.2. The molecular weight excluding hydrogens is 118 g/mol. The molecule has 0 aromatic rings. The highest BCUT2D eigenvalue weighted by molar-refractivity contribution is 6.02. The van der Waals surface area contributed by atoms with Crippen LogP contribution in [0.15, 0.2) is 16.8 Å². The van der Waals surface area contributed by atoms with Crippen molar-refractivity contribution in [3.63, 3.8) is 0 Å². The predicted octanol–water partition coefficient (Wildman–Crippen LogP) is -1.06. The second-order valence-electron chi connectivity index (χ2n) is 1.85. The van der Waals surface area contributed by atoms with Gasteiger partial charge in [-0.15, -0.1) is 4.99 Å². The molecule has 0 aromatic heterocycles. The lowest BCUT2D eigenvalue weighted by Crippen LogP contribution is -2.82. The molecule has 0 aromatic carbocycles. The number of primary amides is 1. The lowest BCUT2D eigenvalue weighted by molar-refractivity contribution is -0.480. The van der Waals surface area contributed by atoms with Crippen molar-refractivity contribution in [2.45, 2.75) is 6.92 Å². The smallest absolute Gasteiger partial charge is 0.383 e. The molecule has 0 atom stereocenters. The van der Waals surface area contributed by atoms with Crippen molar-refractivity contribution >= 4 is 11.9 Å². The van der Waals surface area contributed by atoms with Crippen LogP contribution in [0.1, 0.15) is 6.92 Å². The molecule has 4 nitrogen and oxygen atoms in total. The van der Waals surface area contributed by atoms with Crippen LogP contribution in [0.4, 0.5) is 4.79 Å². The first-order valence-corrected chi connectivity index (χ1v) is 2.60. The topological polar surface area (TPSA) is 72.1 Å². The Morgan fingerprint density at radius 1 is 1.78 bits per heavy atom. The fourth-order valence-electron chi connectivity index (χ4n) is 0.526. The summed E-state index contributed by atoms with van der Waals surface area (Å²) in [6.45, 7) is 1.81. The van der Waals surface area contributed by atoms with Crippen LogP contribution >= 0.6 is 0 Å². The molecule has 1 aliphatic heterocycles. The number of nitrogens with two attached hydrogens (primary N) is 2. The number of amidine groups is 1. The zero-order valence-corrected chi connectivity index (χ0v) is 5.09. The van der Waals surface area contributed by atoms with E-state index in [1.807, 2.05) is 6.92 Å². The van der Waals surface area contributed by atoms with Crippen LogP contribution in [-0.2, 0) is 0 Å².